The molecule has 144 heavy (non-hydrogen) atoms. The number of ether oxygens (including phenoxy) is 1. The lowest BCUT2D eigenvalue weighted by Gasteiger charge is -2.62. The molecule has 8 heterocycles. The molecule has 4 aliphatic carbocycles. The van der Waals surface area contributed by atoms with Crippen LogP contribution in [0.15, 0.2) is 169 Å². The molecule has 4 aliphatic heterocycles. The number of aliphatic hydroxyl groups is 2. The van der Waals surface area contributed by atoms with Gasteiger partial charge in [0, 0.05) is 96.8 Å². The van der Waals surface area contributed by atoms with Crippen LogP contribution in [-0.4, -0.2) is 136 Å². The summed E-state index contributed by atoms with van der Waals surface area (Å²) in [6.07, 6.45) is 41.0. The predicted octanol–water partition coefficient (Wildman–Crippen LogP) is 22.4. The van der Waals surface area contributed by atoms with Crippen molar-refractivity contribution in [2.24, 2.45) is 17.6 Å². The van der Waals surface area contributed by atoms with Gasteiger partial charge in [-0.3, -0.25) is 24.0 Å². The molecule has 27 heteroatoms. The topological polar surface area (TPSA) is 295 Å². The van der Waals surface area contributed by atoms with Crippen LogP contribution in [0.4, 0.5) is 27.6 Å². The summed E-state index contributed by atoms with van der Waals surface area (Å²) in [5.41, 5.74) is 20.9. The quantitative estimate of drug-likeness (QED) is 0.0132. The first-order chi connectivity index (χ1) is 67.5. The molecular weight excluding hydrogens is 1850 g/mol. The highest BCUT2D eigenvalue weighted by atomic mass is 32.2. The first-order valence-electron chi connectivity index (χ1n) is 48.9. The number of nitrogens with two attached hydrogens (primary N) is 1. The number of esters is 1. The van der Waals surface area contributed by atoms with Crippen molar-refractivity contribution in [3.63, 3.8) is 0 Å². The number of fused-ring (bicyclic) bond motifs is 12. The van der Waals surface area contributed by atoms with Crippen LogP contribution in [0.2, 0.25) is 0 Å². The largest absolute Gasteiger partial charge is 0.460 e. The molecule has 4 fully saturated rings. The van der Waals surface area contributed by atoms with Crippen LogP contribution in [-0.2, 0) is 71.0 Å². The van der Waals surface area contributed by atoms with Gasteiger partial charge in [0.05, 0.1) is 46.7 Å². The van der Waals surface area contributed by atoms with E-state index in [9.17, 15) is 55.8 Å². The molecule has 21 nitrogen and oxygen atoms in total. The van der Waals surface area contributed by atoms with Gasteiger partial charge in [-0.15, -0.1) is 25.7 Å². The zero-order chi connectivity index (χ0) is 99.3. The standard InChI is InChI=1S/C30H33F2N3O3.C29H31N3O.C28H30FN3O3S.C26H26F2N2O3.4CH4/c1-5-7-8-21-15-23-22-13-18(16-38-30(37)26(33)17(3)4)14-24(32)27(22)34-28(23)29(35(21)25(36)6-2)19-9-11-20(31)12-10-19;1-3-5-8-22-15-24-23-9-6-7-10-25(23)30-27(24)28(32(22)26(33)4-2)20-11-13-21(14-12-20)31-29-16-19(17-29)18-29;1-3-5-9-21-17-24-23-16-19(29)12-15-25(23)30-27(24)28(32(21)26(33)4-2)18-10-13-22(14-11-18)36(34,35)31-20-7-6-8-20;1-3-5-6-18-13-20-19-11-16(22(32)14-31)12-21(28)24(19)29-25(20)26(30(18)23(33)4-2)15-7-9-17(27)10-8-15;;;;/h2,9-14,17,21,26,29,34H,5,7-8,15-16,33H2,1,3-4H3;2,6-7,9-14,19,22,28,30-31H,3,5,8,15-18H2,1H3;2,10-16,20-21,28,30-31H,3,5-9,17H2,1H3;2,7-12,18,22,26,29,31-32H,3,5-6,13-14H2,1H3;4*1H4/t21-,26-,29?;19?,22-,28?,29?;21-,28?;18-,22?,26?;;;;/m0000..../s1. The lowest BCUT2D eigenvalue weighted by molar-refractivity contribution is -0.147. The van der Waals surface area contributed by atoms with Crippen LogP contribution < -0.4 is 15.8 Å². The van der Waals surface area contributed by atoms with Crippen molar-refractivity contribution in [2.45, 2.75) is 296 Å². The van der Waals surface area contributed by atoms with Crippen LogP contribution in [0.1, 0.15) is 296 Å². The Labute approximate surface area is 843 Å². The number of sulfonamides is 1. The molecule has 10 atom stereocenters. The first-order valence-corrected chi connectivity index (χ1v) is 50.4. The number of benzene rings is 8. The summed E-state index contributed by atoms with van der Waals surface area (Å²) in [6.45, 7) is 11.4. The van der Waals surface area contributed by atoms with Crippen LogP contribution in [0.25, 0.3) is 43.6 Å². The highest BCUT2D eigenvalue weighted by molar-refractivity contribution is 7.89. The van der Waals surface area contributed by atoms with E-state index in [1.54, 1.807) is 81.4 Å². The minimum absolute atomic E-state index is 0. The lowest BCUT2D eigenvalue weighted by Crippen LogP contribution is -2.63. The number of unbranched alkanes of at least 4 members (excludes halogenated alkanes) is 4. The highest BCUT2D eigenvalue weighted by Gasteiger charge is 2.57. The Balaban J connectivity index is 0.000000170. The van der Waals surface area contributed by atoms with Gasteiger partial charge >= 0.3 is 5.97 Å². The molecular formula is C117H136F5N11O10S. The number of hydrogen-bond donors (Lipinski definition) is 9. The molecule has 4 amide bonds. The van der Waals surface area contributed by atoms with E-state index in [-0.39, 0.29) is 106 Å². The van der Waals surface area contributed by atoms with Crippen molar-refractivity contribution in [3.8, 4) is 49.4 Å². The van der Waals surface area contributed by atoms with E-state index in [4.69, 9.17) is 36.2 Å². The number of nitrogens with zero attached hydrogens (tertiary/aromatic N) is 4. The Morgan fingerprint density at radius 2 is 0.875 bits per heavy atom. The number of carbonyl (C=O) groups excluding carboxylic acids is 5. The maximum Gasteiger partial charge on any atom is 0.323 e. The second-order valence-corrected chi connectivity index (χ2v) is 40.5. The molecule has 0 radical (unpaired) electrons. The van der Waals surface area contributed by atoms with E-state index < -0.39 is 93.9 Å². The molecule has 2 bridgehead atoms. The molecule has 5 unspecified atom stereocenters. The predicted molar refractivity (Wildman–Crippen MR) is 560 cm³/mol. The third-order valence-corrected chi connectivity index (χ3v) is 30.8. The van der Waals surface area contributed by atoms with Crippen LogP contribution in [0.3, 0.4) is 0 Å². The summed E-state index contributed by atoms with van der Waals surface area (Å²) < 4.78 is 106. The average Bonchev–Trinajstić information content (AvgIpc) is 0.998. The van der Waals surface area contributed by atoms with E-state index in [1.807, 2.05) is 18.7 Å². The number of anilines is 1. The molecule has 8 aliphatic rings. The molecule has 12 aromatic rings. The van der Waals surface area contributed by atoms with Crippen LogP contribution >= 0.6 is 0 Å². The van der Waals surface area contributed by atoms with E-state index in [0.717, 1.165) is 151 Å². The van der Waals surface area contributed by atoms with Crippen molar-refractivity contribution < 1.29 is 69.3 Å². The molecule has 10 N–H and O–H groups in total. The Morgan fingerprint density at radius 1 is 0.493 bits per heavy atom. The number of aliphatic hydroxyl groups excluding tert-OH is 2. The SMILES string of the molecule is C.C.C.C.C#CC(=O)N1C(c2ccc(F)cc2)c2[nH]c3c(F)cc(C(O)CO)cc3c2C[C@@H]1CCCC.C#CC(=O)N1C(c2ccc(F)cc2)c2[nH]c3c(F)cc(COC(=O)[C@@H](N)C(C)C)cc3c2C[C@@H]1CCCC.C#CC(=O)N1C(c2ccc(NC34CC(C3)C4)cc2)c2[nH]c3ccccc3c2C[C@@H]1CCCC.C#CC(=O)N1C(c2ccc(S(=O)(=O)NC3CCC3)cc2)c2[nH]c3ccc(F)cc3c2C[C@@H]1CCCC. The van der Waals surface area contributed by atoms with Gasteiger partial charge in [-0.2, -0.15) is 0 Å². The normalized spacial score (nSPS) is 20.3. The zero-order valence-corrected chi connectivity index (χ0v) is 80.5. The third kappa shape index (κ3) is 22.3. The van der Waals surface area contributed by atoms with Gasteiger partial charge in [0.25, 0.3) is 23.6 Å². The molecule has 4 aromatic heterocycles. The number of aromatic amines is 4. The van der Waals surface area contributed by atoms with E-state index in [1.165, 1.54) is 84.4 Å². The maximum absolute atomic E-state index is 15.4. The van der Waals surface area contributed by atoms with Gasteiger partial charge in [0.15, 0.2) is 0 Å². The van der Waals surface area contributed by atoms with Gasteiger partial charge in [-0.25, -0.2) is 35.1 Å². The molecule has 0 spiro atoms. The Kier molecular flexibility index (Phi) is 35.8. The number of rotatable bonds is 27. The number of H-pyrrole nitrogens is 4. The van der Waals surface area contributed by atoms with Crippen molar-refractivity contribution in [3.05, 3.63) is 271 Å². The molecule has 760 valence electrons. The number of halogens is 5. The number of nitrogens with one attached hydrogen (secondary N) is 6. The molecule has 8 aromatic carbocycles. The van der Waals surface area contributed by atoms with Crippen LogP contribution in [0.5, 0.6) is 0 Å². The summed E-state index contributed by atoms with van der Waals surface area (Å²) in [5, 5.41) is 26.5. The summed E-state index contributed by atoms with van der Waals surface area (Å²) in [5.74, 6) is 5.72. The van der Waals surface area contributed by atoms with E-state index >= 15 is 8.78 Å². The summed E-state index contributed by atoms with van der Waals surface area (Å²) in [7, 11) is -3.62. The maximum atomic E-state index is 15.4. The monoisotopic (exact) mass is 1980 g/mol. The molecule has 0 saturated heterocycles. The van der Waals surface area contributed by atoms with Crippen molar-refractivity contribution in [2.75, 3.05) is 11.9 Å². The smallest absolute Gasteiger partial charge is 0.323 e. The zero-order valence-electron chi connectivity index (χ0n) is 79.7. The fraction of sp³-hybridized carbons (Fsp3) is 0.410. The molecule has 4 saturated carbocycles. The molecule has 20 rings (SSSR count). The van der Waals surface area contributed by atoms with Gasteiger partial charge in [-0.1, -0.05) is 196 Å². The fourth-order valence-electron chi connectivity index (χ4n) is 21.7. The Bertz CT molecular complexity index is 6900. The number of hydrogen-bond acceptors (Lipinski definition) is 12. The first kappa shape index (κ1) is 110. The minimum atomic E-state index is -3.62. The number of aromatic nitrogens is 4. The Morgan fingerprint density at radius 3 is 1.27 bits per heavy atom. The summed E-state index contributed by atoms with van der Waals surface area (Å²) in [6, 6.07) is 42.9. The number of carbonyl (C=O) groups is 5. The number of para-hydroxylation sites is 1. The highest BCUT2D eigenvalue weighted by Crippen LogP contribution is 2.59. The van der Waals surface area contributed by atoms with Gasteiger partial charge < -0.3 is 65.5 Å². The fourth-order valence-corrected chi connectivity index (χ4v) is 23.0. The second kappa shape index (κ2) is 47.1. The average molecular weight is 1980 g/mol. The van der Waals surface area contributed by atoms with Gasteiger partial charge in [0.1, 0.15) is 47.8 Å². The number of amides is 4. The second-order valence-electron chi connectivity index (χ2n) is 38.8. The van der Waals surface area contributed by atoms with Crippen molar-refractivity contribution >= 4 is 88.9 Å². The summed E-state index contributed by atoms with van der Waals surface area (Å²) in [4.78, 5) is 85.1. The summed E-state index contributed by atoms with van der Waals surface area (Å²) >= 11 is 0. The number of terminal acetylenes is 4. The van der Waals surface area contributed by atoms with Crippen LogP contribution in [0, 0.1) is 90.3 Å². The van der Waals surface area contributed by atoms with E-state index in [2.05, 4.69) is 130 Å². The van der Waals surface area contributed by atoms with Gasteiger partial charge in [0.2, 0.25) is 10.0 Å². The van der Waals surface area contributed by atoms with E-state index in [0.29, 0.717) is 82.0 Å². The van der Waals surface area contributed by atoms with Gasteiger partial charge in [-0.05, 0) is 272 Å². The van der Waals surface area contributed by atoms with Crippen molar-refractivity contribution in [1.82, 2.24) is 44.3 Å². The third-order valence-electron chi connectivity index (χ3n) is 29.3. The minimum Gasteiger partial charge on any atom is -0.460 e. The lowest BCUT2D eigenvalue weighted by atomic mass is 9.50. The Hall–Kier alpha value is -13.3. The van der Waals surface area contributed by atoms with Crippen molar-refractivity contribution in [1.29, 1.82) is 0 Å².